The third-order valence-electron chi connectivity index (χ3n) is 5.17. The van der Waals surface area contributed by atoms with Crippen molar-refractivity contribution in [3.63, 3.8) is 0 Å². The Hall–Kier alpha value is -2.17. The van der Waals surface area contributed by atoms with E-state index in [2.05, 4.69) is 5.32 Å². The van der Waals surface area contributed by atoms with Gasteiger partial charge in [0.15, 0.2) is 5.78 Å². The lowest BCUT2D eigenvalue weighted by atomic mass is 9.79. The van der Waals surface area contributed by atoms with Crippen LogP contribution in [0.2, 0.25) is 0 Å². The predicted molar refractivity (Wildman–Crippen MR) is 105 cm³/mol. The molecule has 1 aromatic rings. The van der Waals surface area contributed by atoms with Gasteiger partial charge < -0.3 is 10.1 Å². The van der Waals surface area contributed by atoms with E-state index in [4.69, 9.17) is 4.74 Å². The fourth-order valence-corrected chi connectivity index (χ4v) is 3.68. The summed E-state index contributed by atoms with van der Waals surface area (Å²) in [5.74, 6) is 0.0149. The third-order valence-corrected chi connectivity index (χ3v) is 5.17. The van der Waals surface area contributed by atoms with E-state index in [1.54, 1.807) is 6.92 Å². The molecule has 0 aliphatic carbocycles. The van der Waals surface area contributed by atoms with Crippen LogP contribution in [-0.2, 0) is 20.8 Å². The van der Waals surface area contributed by atoms with Crippen LogP contribution < -0.4 is 10.1 Å². The molecule has 3 atom stereocenters. The van der Waals surface area contributed by atoms with Crippen molar-refractivity contribution in [1.82, 2.24) is 5.32 Å². The number of benzene rings is 1. The van der Waals surface area contributed by atoms with Gasteiger partial charge in [-0.1, -0.05) is 26.0 Å². The molecule has 148 valence electrons. The van der Waals surface area contributed by atoms with Crippen LogP contribution in [0, 0.1) is 17.8 Å². The number of carbonyl (C=O) groups excluding carboxylic acids is 3. The number of rotatable bonds is 4. The minimum Gasteiger partial charge on any atom is -0.494 e. The minimum absolute atomic E-state index is 0.0191. The van der Waals surface area contributed by atoms with Crippen molar-refractivity contribution in [2.45, 2.75) is 59.4 Å². The molecule has 5 heteroatoms. The van der Waals surface area contributed by atoms with E-state index in [1.165, 1.54) is 6.92 Å². The molecule has 2 aliphatic rings. The number of ether oxygens (including phenoxy) is 1. The van der Waals surface area contributed by atoms with E-state index >= 15 is 0 Å². The molecule has 0 unspecified atom stereocenters. The molecule has 2 heterocycles. The molecule has 0 fully saturated rings. The van der Waals surface area contributed by atoms with E-state index in [0.29, 0.717) is 32.3 Å². The molecule has 1 amide bonds. The lowest BCUT2D eigenvalue weighted by molar-refractivity contribution is -0.135. The van der Waals surface area contributed by atoms with Gasteiger partial charge in [-0.2, -0.15) is 0 Å². The van der Waals surface area contributed by atoms with Crippen LogP contribution in [0.15, 0.2) is 24.3 Å². The summed E-state index contributed by atoms with van der Waals surface area (Å²) in [6.07, 6.45) is 2.35. The quantitative estimate of drug-likeness (QED) is 0.878. The zero-order chi connectivity index (χ0) is 20.0. The third kappa shape index (κ3) is 6.19. The average Bonchev–Trinajstić information content (AvgIpc) is 2.59. The van der Waals surface area contributed by atoms with Gasteiger partial charge in [0, 0.05) is 11.8 Å². The first kappa shape index (κ1) is 21.1. The van der Waals surface area contributed by atoms with Crippen molar-refractivity contribution in [2.75, 3.05) is 6.61 Å². The highest BCUT2D eigenvalue weighted by Gasteiger charge is 2.33. The van der Waals surface area contributed by atoms with Crippen molar-refractivity contribution < 1.29 is 19.1 Å². The van der Waals surface area contributed by atoms with Crippen LogP contribution in [0.3, 0.4) is 0 Å². The Morgan fingerprint density at radius 2 is 1.81 bits per heavy atom. The fourth-order valence-electron chi connectivity index (χ4n) is 3.68. The molecule has 0 saturated carbocycles. The van der Waals surface area contributed by atoms with E-state index in [1.807, 2.05) is 38.1 Å². The molecule has 1 aromatic carbocycles. The van der Waals surface area contributed by atoms with Gasteiger partial charge in [-0.05, 0) is 63.1 Å². The summed E-state index contributed by atoms with van der Waals surface area (Å²) in [5.41, 5.74) is 0.962. The summed E-state index contributed by atoms with van der Waals surface area (Å²) in [4.78, 5) is 37.5. The summed E-state index contributed by atoms with van der Waals surface area (Å²) in [5, 5.41) is 2.92. The largest absolute Gasteiger partial charge is 0.494 e. The molecule has 1 N–H and O–H groups in total. The fraction of sp³-hybridized carbons (Fsp3) is 0.591. The molecule has 5 nitrogen and oxygen atoms in total. The van der Waals surface area contributed by atoms with Gasteiger partial charge in [0.1, 0.15) is 11.5 Å². The van der Waals surface area contributed by atoms with E-state index in [0.717, 1.165) is 11.3 Å². The number of nitrogens with one attached hydrogen (secondary N) is 1. The second kappa shape index (κ2) is 9.67. The number of amides is 1. The Labute approximate surface area is 161 Å². The number of hydrogen-bond acceptors (Lipinski definition) is 4. The zero-order valence-electron chi connectivity index (χ0n) is 16.8. The number of carbonyl (C=O) groups is 3. The first-order chi connectivity index (χ1) is 12.8. The van der Waals surface area contributed by atoms with Gasteiger partial charge in [0.05, 0.1) is 12.6 Å². The maximum atomic E-state index is 13.1. The predicted octanol–water partition coefficient (Wildman–Crippen LogP) is 3.34. The van der Waals surface area contributed by atoms with Gasteiger partial charge >= 0.3 is 0 Å². The first-order valence-corrected chi connectivity index (χ1v) is 9.81. The Kier molecular flexibility index (Phi) is 7.57. The van der Waals surface area contributed by atoms with E-state index in [-0.39, 0.29) is 29.3 Å². The van der Waals surface area contributed by atoms with E-state index < -0.39 is 12.0 Å². The molecular formula is C22H31NO4. The van der Waals surface area contributed by atoms with Crippen LogP contribution in [0.4, 0.5) is 0 Å². The topological polar surface area (TPSA) is 72.5 Å². The van der Waals surface area contributed by atoms with Crippen molar-refractivity contribution in [2.24, 2.45) is 17.8 Å². The summed E-state index contributed by atoms with van der Waals surface area (Å²) >= 11 is 0. The van der Waals surface area contributed by atoms with Crippen LogP contribution in [-0.4, -0.2) is 30.1 Å². The monoisotopic (exact) mass is 373 g/mol. The summed E-state index contributed by atoms with van der Waals surface area (Å²) < 4.78 is 5.77. The molecule has 0 spiro atoms. The Morgan fingerprint density at radius 3 is 2.37 bits per heavy atom. The second-order valence-corrected chi connectivity index (χ2v) is 7.96. The standard InChI is InChI=1S/C22H31NO4/c1-14(2)12-20-19(15(3)24)6-5-11-27-18-9-7-17(8-10-18)13-21(16(4)25)23-22(20)26/h7-10,14,19-21H,5-6,11-13H2,1-4H3,(H,23,26)/t19-,20-,21+/m1/s1. The van der Waals surface area contributed by atoms with Crippen LogP contribution >= 0.6 is 0 Å². The highest BCUT2D eigenvalue weighted by atomic mass is 16.5. The van der Waals surface area contributed by atoms with Gasteiger partial charge in [-0.25, -0.2) is 0 Å². The van der Waals surface area contributed by atoms with Gasteiger partial charge in [0.2, 0.25) is 5.91 Å². The molecule has 0 aromatic heterocycles. The number of fused-ring (bicyclic) bond motifs is 11. The molecule has 0 saturated heterocycles. The average molecular weight is 373 g/mol. The van der Waals surface area contributed by atoms with Gasteiger partial charge in [0.25, 0.3) is 0 Å². The lowest BCUT2D eigenvalue weighted by Gasteiger charge is -2.28. The normalized spacial score (nSPS) is 24.0. The van der Waals surface area contributed by atoms with Crippen molar-refractivity contribution in [1.29, 1.82) is 0 Å². The van der Waals surface area contributed by atoms with Crippen molar-refractivity contribution in [3.8, 4) is 5.75 Å². The molecule has 2 aliphatic heterocycles. The highest BCUT2D eigenvalue weighted by Crippen LogP contribution is 2.27. The summed E-state index contributed by atoms with van der Waals surface area (Å²) in [7, 11) is 0. The molecule has 3 rings (SSSR count). The molecule has 2 bridgehead atoms. The number of Topliss-reactive ketones (excluding diaryl/α,β-unsaturated/α-hetero) is 2. The minimum atomic E-state index is -0.588. The molecule has 27 heavy (non-hydrogen) atoms. The Bertz CT molecular complexity index is 665. The molecule has 0 radical (unpaired) electrons. The SMILES string of the molecule is CC(=O)[C@@H]1Cc2ccc(cc2)OCCC[C@H](C(C)=O)[C@@H](CC(C)C)C(=O)N1. The smallest absolute Gasteiger partial charge is 0.224 e. The van der Waals surface area contributed by atoms with Gasteiger partial charge in [-0.3, -0.25) is 14.4 Å². The maximum Gasteiger partial charge on any atom is 0.224 e. The first-order valence-electron chi connectivity index (χ1n) is 9.81. The second-order valence-electron chi connectivity index (χ2n) is 7.96. The summed E-state index contributed by atoms with van der Waals surface area (Å²) in [6.45, 7) is 7.64. The maximum absolute atomic E-state index is 13.1. The zero-order valence-corrected chi connectivity index (χ0v) is 16.8. The van der Waals surface area contributed by atoms with E-state index in [9.17, 15) is 14.4 Å². The molecular weight excluding hydrogens is 342 g/mol. The Morgan fingerprint density at radius 1 is 1.15 bits per heavy atom. The van der Waals surface area contributed by atoms with Crippen molar-refractivity contribution in [3.05, 3.63) is 29.8 Å². The highest BCUT2D eigenvalue weighted by molar-refractivity contribution is 5.91. The van der Waals surface area contributed by atoms with Crippen LogP contribution in [0.25, 0.3) is 0 Å². The van der Waals surface area contributed by atoms with Gasteiger partial charge in [-0.15, -0.1) is 0 Å². The van der Waals surface area contributed by atoms with Crippen molar-refractivity contribution >= 4 is 17.5 Å². The van der Waals surface area contributed by atoms with Crippen LogP contribution in [0.5, 0.6) is 5.75 Å². The number of hydrogen-bond donors (Lipinski definition) is 1. The lowest BCUT2D eigenvalue weighted by Crippen LogP contribution is -2.47. The van der Waals surface area contributed by atoms with Crippen LogP contribution in [0.1, 0.15) is 52.5 Å². The Balaban J connectivity index is 2.34. The number of ketones is 2. The summed E-state index contributed by atoms with van der Waals surface area (Å²) in [6, 6.07) is 7.02.